The van der Waals surface area contributed by atoms with Gasteiger partial charge >= 0.3 is 0 Å². The molecule has 4 atom stereocenters. The Morgan fingerprint density at radius 3 is 2.26 bits per heavy atom. The van der Waals surface area contributed by atoms with Crippen LogP contribution in [0, 0.1) is 11.8 Å². The lowest BCUT2D eigenvalue weighted by Gasteiger charge is -2.30. The number of likely N-dealkylation sites (tertiary alicyclic amines) is 2. The first-order valence-electron chi connectivity index (χ1n) is 14.0. The molecule has 3 saturated heterocycles. The van der Waals surface area contributed by atoms with Gasteiger partial charge in [0.05, 0.1) is 25.8 Å². The summed E-state index contributed by atoms with van der Waals surface area (Å²) in [6.45, 7) is 11.1. The quantitative estimate of drug-likeness (QED) is 0.506. The maximum atomic E-state index is 13.8. The van der Waals surface area contributed by atoms with Crippen LogP contribution in [0.4, 0.5) is 5.69 Å². The smallest absolute Gasteiger partial charge is 0.252 e. The number of fused-ring (bicyclic) bond motifs is 1. The summed E-state index contributed by atoms with van der Waals surface area (Å²) in [5.41, 5.74) is 1.50. The molecule has 10 heteroatoms. The Morgan fingerprint density at radius 2 is 1.67 bits per heavy atom. The molecule has 3 fully saturated rings. The van der Waals surface area contributed by atoms with Gasteiger partial charge < -0.3 is 29.5 Å². The van der Waals surface area contributed by atoms with Crippen LogP contribution in [0.25, 0.3) is 0 Å². The fourth-order valence-electron chi connectivity index (χ4n) is 5.96. The monoisotopic (exact) mass is 542 g/mol. The first-order valence-corrected chi connectivity index (χ1v) is 14.0. The maximum absolute atomic E-state index is 13.8. The van der Waals surface area contributed by atoms with Crippen molar-refractivity contribution in [2.45, 2.75) is 64.8 Å². The van der Waals surface area contributed by atoms with E-state index in [9.17, 15) is 19.2 Å². The first kappa shape index (κ1) is 29.0. The highest BCUT2D eigenvalue weighted by atomic mass is 16.5. The molecular weight excluding hydrogens is 500 g/mol. The van der Waals surface area contributed by atoms with Gasteiger partial charge in [0.15, 0.2) is 5.78 Å². The highest BCUT2D eigenvalue weighted by molar-refractivity contribution is 6.01. The average Bonchev–Trinajstić information content (AvgIpc) is 3.49. The predicted molar refractivity (Wildman–Crippen MR) is 146 cm³/mol. The number of anilines is 1. The molecule has 0 aromatic heterocycles. The minimum Gasteiger partial charge on any atom is -0.378 e. The molecule has 0 saturated carbocycles. The lowest BCUT2D eigenvalue weighted by atomic mass is 10.0. The number of nitrogens with one attached hydrogen (secondary N) is 1. The van der Waals surface area contributed by atoms with Crippen LogP contribution in [0.3, 0.4) is 0 Å². The van der Waals surface area contributed by atoms with Crippen LogP contribution in [0.5, 0.6) is 0 Å². The minimum absolute atomic E-state index is 0.0266. The Labute approximate surface area is 231 Å². The first-order chi connectivity index (χ1) is 18.6. The molecule has 3 heterocycles. The molecule has 1 N–H and O–H groups in total. The van der Waals surface area contributed by atoms with E-state index in [0.29, 0.717) is 38.2 Å². The van der Waals surface area contributed by atoms with E-state index < -0.39 is 18.2 Å². The third-order valence-corrected chi connectivity index (χ3v) is 7.91. The summed E-state index contributed by atoms with van der Waals surface area (Å²) in [7, 11) is 1.50. The highest BCUT2D eigenvalue weighted by Crippen LogP contribution is 2.32. The van der Waals surface area contributed by atoms with Gasteiger partial charge in [0.2, 0.25) is 5.91 Å². The van der Waals surface area contributed by atoms with E-state index in [1.807, 2.05) is 39.8 Å². The number of benzene rings is 1. The van der Waals surface area contributed by atoms with Gasteiger partial charge in [-0.3, -0.25) is 19.2 Å². The van der Waals surface area contributed by atoms with Crippen LogP contribution in [-0.2, 0) is 23.9 Å². The van der Waals surface area contributed by atoms with Gasteiger partial charge in [-0.15, -0.1) is 0 Å². The van der Waals surface area contributed by atoms with Gasteiger partial charge in [-0.2, -0.15) is 0 Å². The minimum atomic E-state index is -0.768. The number of hydrogen-bond acceptors (Lipinski definition) is 7. The molecule has 1 aromatic rings. The molecule has 0 spiro atoms. The molecule has 4 rings (SSSR count). The summed E-state index contributed by atoms with van der Waals surface area (Å²) in [4.78, 5) is 58.6. The number of amides is 3. The third kappa shape index (κ3) is 6.27. The van der Waals surface area contributed by atoms with Crippen molar-refractivity contribution in [2.24, 2.45) is 11.8 Å². The fourth-order valence-corrected chi connectivity index (χ4v) is 5.96. The number of ketones is 1. The number of morpholine rings is 1. The van der Waals surface area contributed by atoms with E-state index in [4.69, 9.17) is 9.47 Å². The van der Waals surface area contributed by atoms with Gasteiger partial charge in [0, 0.05) is 38.0 Å². The van der Waals surface area contributed by atoms with Crippen molar-refractivity contribution in [1.82, 2.24) is 15.1 Å². The van der Waals surface area contributed by atoms with Crippen molar-refractivity contribution in [3.63, 3.8) is 0 Å². The molecule has 10 nitrogen and oxygen atoms in total. The second-order valence-electron chi connectivity index (χ2n) is 11.5. The molecular formula is C29H42N4O6. The Balaban J connectivity index is 1.46. The van der Waals surface area contributed by atoms with Gasteiger partial charge in [0.25, 0.3) is 11.8 Å². The van der Waals surface area contributed by atoms with E-state index in [1.165, 1.54) is 7.11 Å². The molecule has 3 aliphatic heterocycles. The number of hydrogen-bond donors (Lipinski definition) is 1. The summed E-state index contributed by atoms with van der Waals surface area (Å²) in [5.74, 6) is -0.852. The molecule has 0 bridgehead atoms. The van der Waals surface area contributed by atoms with Crippen molar-refractivity contribution in [3.8, 4) is 0 Å². The van der Waals surface area contributed by atoms with E-state index in [0.717, 1.165) is 18.8 Å². The second kappa shape index (κ2) is 12.5. The molecule has 0 radical (unpaired) electrons. The number of nitrogens with zero attached hydrogens (tertiary/aromatic N) is 3. The second-order valence-corrected chi connectivity index (χ2v) is 11.5. The molecule has 0 aliphatic carbocycles. The largest absolute Gasteiger partial charge is 0.378 e. The van der Waals surface area contributed by atoms with Crippen molar-refractivity contribution in [2.75, 3.05) is 51.4 Å². The van der Waals surface area contributed by atoms with Crippen LogP contribution in [-0.4, -0.2) is 104 Å². The number of carbonyl (C=O) groups is 4. The van der Waals surface area contributed by atoms with Crippen LogP contribution in [0.15, 0.2) is 24.3 Å². The Hall–Kier alpha value is -2.98. The zero-order valence-electron chi connectivity index (χ0n) is 23.7. The Kier molecular flexibility index (Phi) is 9.27. The van der Waals surface area contributed by atoms with Crippen molar-refractivity contribution in [3.05, 3.63) is 29.8 Å². The Bertz CT molecular complexity index is 1050. The predicted octanol–water partition coefficient (Wildman–Crippen LogP) is 1.72. The number of ether oxygens (including phenoxy) is 2. The van der Waals surface area contributed by atoms with E-state index in [2.05, 4.69) is 10.2 Å². The van der Waals surface area contributed by atoms with Crippen LogP contribution < -0.4 is 10.2 Å². The summed E-state index contributed by atoms with van der Waals surface area (Å²) >= 11 is 0. The van der Waals surface area contributed by atoms with Crippen molar-refractivity contribution in [1.29, 1.82) is 0 Å². The zero-order valence-corrected chi connectivity index (χ0v) is 23.7. The van der Waals surface area contributed by atoms with E-state index >= 15 is 0 Å². The highest BCUT2D eigenvalue weighted by Gasteiger charge is 2.53. The number of carbonyl (C=O) groups excluding carboxylic acids is 4. The molecule has 3 amide bonds. The molecule has 214 valence electrons. The molecule has 39 heavy (non-hydrogen) atoms. The summed E-state index contributed by atoms with van der Waals surface area (Å²) in [6.07, 6.45) is 0.331. The standard InChI is InChI=1S/C29H42N4O6/c1-18(2)16-22(30-27(35)20-6-8-21(9-7-20)31-12-14-39-15-13-31)28(36)32-11-10-23-25(32)24(34)17-33(23)29(37)26(38-5)19(3)4/h6-9,18-19,22-23,25-26H,10-17H2,1-5H3,(H,30,35). The maximum Gasteiger partial charge on any atom is 0.252 e. The van der Waals surface area contributed by atoms with Gasteiger partial charge in [0.1, 0.15) is 18.2 Å². The SMILES string of the molecule is COC(C(=O)N1CC(=O)C2C1CCN2C(=O)C(CC(C)C)NC(=O)c1ccc(N2CCOCC2)cc1)C(C)C. The van der Waals surface area contributed by atoms with Crippen molar-refractivity contribution >= 4 is 29.2 Å². The fraction of sp³-hybridized carbons (Fsp3) is 0.655. The van der Waals surface area contributed by atoms with Crippen LogP contribution in [0.1, 0.15) is 50.9 Å². The Morgan fingerprint density at radius 1 is 1.00 bits per heavy atom. The summed E-state index contributed by atoms with van der Waals surface area (Å²) < 4.78 is 10.8. The molecule has 3 aliphatic rings. The van der Waals surface area contributed by atoms with Gasteiger partial charge in [-0.25, -0.2) is 0 Å². The lowest BCUT2D eigenvalue weighted by molar-refractivity contribution is -0.146. The lowest BCUT2D eigenvalue weighted by Crippen LogP contribution is -2.53. The summed E-state index contributed by atoms with van der Waals surface area (Å²) in [5, 5.41) is 2.94. The number of methoxy groups -OCH3 is 1. The normalized spacial score (nSPS) is 22.8. The number of Topliss-reactive ketones (excluding diaryl/α,β-unsaturated/α-hetero) is 1. The van der Waals surface area contributed by atoms with Gasteiger partial charge in [-0.1, -0.05) is 27.7 Å². The number of rotatable bonds is 9. The van der Waals surface area contributed by atoms with Crippen molar-refractivity contribution < 1.29 is 28.7 Å². The zero-order chi connectivity index (χ0) is 28.3. The van der Waals surface area contributed by atoms with E-state index in [-0.39, 0.29) is 47.9 Å². The summed E-state index contributed by atoms with van der Waals surface area (Å²) in [6, 6.07) is 5.55. The van der Waals surface area contributed by atoms with Gasteiger partial charge in [-0.05, 0) is 48.9 Å². The van der Waals surface area contributed by atoms with Crippen LogP contribution >= 0.6 is 0 Å². The molecule has 4 unspecified atom stereocenters. The molecule has 1 aromatic carbocycles. The topological polar surface area (TPSA) is 108 Å². The average molecular weight is 543 g/mol. The van der Waals surface area contributed by atoms with Crippen LogP contribution in [0.2, 0.25) is 0 Å². The van der Waals surface area contributed by atoms with E-state index in [1.54, 1.807) is 21.9 Å². The third-order valence-electron chi connectivity index (χ3n) is 7.91.